The Morgan fingerprint density at radius 1 is 1.38 bits per heavy atom. The number of aromatic nitrogens is 4. The van der Waals surface area contributed by atoms with Crippen LogP contribution in [0.15, 0.2) is 30.3 Å². The maximum Gasteiger partial charge on any atom is 0.311 e. The quantitative estimate of drug-likeness (QED) is 0.914. The highest BCUT2D eigenvalue weighted by Crippen LogP contribution is 2.36. The minimum absolute atomic E-state index is 0.437. The Morgan fingerprint density at radius 3 is 2.76 bits per heavy atom. The molecule has 1 aliphatic rings. The third-order valence-electron chi connectivity index (χ3n) is 4.22. The molecule has 2 heterocycles. The second-order valence-electron chi connectivity index (χ2n) is 5.34. The van der Waals surface area contributed by atoms with Crippen LogP contribution in [0.1, 0.15) is 19.8 Å². The van der Waals surface area contributed by atoms with E-state index in [-0.39, 0.29) is 0 Å². The van der Waals surface area contributed by atoms with Crippen LogP contribution < -0.4 is 4.90 Å². The first kappa shape index (κ1) is 13.5. The van der Waals surface area contributed by atoms with Crippen molar-refractivity contribution in [1.82, 2.24) is 20.2 Å². The van der Waals surface area contributed by atoms with Crippen LogP contribution in [0.3, 0.4) is 0 Å². The van der Waals surface area contributed by atoms with Crippen molar-refractivity contribution in [3.05, 3.63) is 30.3 Å². The first-order chi connectivity index (χ1) is 10.2. The number of tetrazole rings is 1. The van der Waals surface area contributed by atoms with Crippen molar-refractivity contribution in [2.24, 2.45) is 5.41 Å². The number of carboxylic acids is 1. The molecule has 1 aliphatic heterocycles. The van der Waals surface area contributed by atoms with Crippen molar-refractivity contribution in [2.45, 2.75) is 19.8 Å². The summed E-state index contributed by atoms with van der Waals surface area (Å²) in [5.41, 5.74) is 0.162. The van der Waals surface area contributed by atoms with Gasteiger partial charge in [0.25, 0.3) is 0 Å². The monoisotopic (exact) mass is 287 g/mol. The van der Waals surface area contributed by atoms with Crippen LogP contribution in [0.4, 0.5) is 5.95 Å². The molecule has 0 spiro atoms. The summed E-state index contributed by atoms with van der Waals surface area (Å²) in [7, 11) is 0. The van der Waals surface area contributed by atoms with Crippen LogP contribution in [0, 0.1) is 5.41 Å². The van der Waals surface area contributed by atoms with Gasteiger partial charge in [0, 0.05) is 13.1 Å². The second kappa shape index (κ2) is 5.16. The van der Waals surface area contributed by atoms with Crippen molar-refractivity contribution in [1.29, 1.82) is 0 Å². The third kappa shape index (κ3) is 2.24. The van der Waals surface area contributed by atoms with Crippen LogP contribution in [0.2, 0.25) is 0 Å². The fourth-order valence-corrected chi connectivity index (χ4v) is 2.77. The number of carbonyl (C=O) groups is 1. The van der Waals surface area contributed by atoms with Gasteiger partial charge in [0.2, 0.25) is 5.95 Å². The standard InChI is InChI=1S/C14H17N5O2/c1-2-14(12(20)21)8-9-18(10-14)13-15-16-17-19(13)11-6-4-3-5-7-11/h3-7H,2,8-10H2,1H3,(H,20,21). The lowest BCUT2D eigenvalue weighted by Crippen LogP contribution is -2.34. The molecule has 0 aliphatic carbocycles. The van der Waals surface area contributed by atoms with Crippen molar-refractivity contribution in [3.63, 3.8) is 0 Å². The zero-order valence-corrected chi connectivity index (χ0v) is 11.8. The average molecular weight is 287 g/mol. The first-order valence-corrected chi connectivity index (χ1v) is 6.98. The van der Waals surface area contributed by atoms with Crippen LogP contribution in [0.5, 0.6) is 0 Å². The van der Waals surface area contributed by atoms with Crippen LogP contribution in [-0.4, -0.2) is 44.4 Å². The Balaban J connectivity index is 1.91. The largest absolute Gasteiger partial charge is 0.481 e. The highest BCUT2D eigenvalue weighted by Gasteiger charge is 2.44. The van der Waals surface area contributed by atoms with Gasteiger partial charge >= 0.3 is 5.97 Å². The SMILES string of the molecule is CCC1(C(=O)O)CCN(c2nnnn2-c2ccccc2)C1. The summed E-state index contributed by atoms with van der Waals surface area (Å²) >= 11 is 0. The number of hydrogen-bond acceptors (Lipinski definition) is 5. The number of carboxylic acid groups (broad SMARTS) is 1. The van der Waals surface area contributed by atoms with Gasteiger partial charge in [0.15, 0.2) is 0 Å². The molecule has 2 aromatic rings. The Bertz CT molecular complexity index is 642. The fourth-order valence-electron chi connectivity index (χ4n) is 2.77. The van der Waals surface area contributed by atoms with E-state index in [4.69, 9.17) is 0 Å². The number of rotatable bonds is 4. The Labute approximate surface area is 122 Å². The lowest BCUT2D eigenvalue weighted by Gasteiger charge is -2.23. The van der Waals surface area contributed by atoms with E-state index in [2.05, 4.69) is 15.5 Å². The van der Waals surface area contributed by atoms with Gasteiger partial charge in [-0.05, 0) is 35.4 Å². The van der Waals surface area contributed by atoms with Gasteiger partial charge in [-0.1, -0.05) is 30.2 Å². The van der Waals surface area contributed by atoms with Gasteiger partial charge in [-0.15, -0.1) is 0 Å². The van der Waals surface area contributed by atoms with Gasteiger partial charge in [-0.3, -0.25) is 4.79 Å². The van der Waals surface area contributed by atoms with Gasteiger partial charge in [-0.2, -0.15) is 4.68 Å². The molecule has 1 atom stereocenters. The summed E-state index contributed by atoms with van der Waals surface area (Å²) in [4.78, 5) is 13.5. The maximum absolute atomic E-state index is 11.5. The molecule has 7 heteroatoms. The molecule has 1 fully saturated rings. The number of nitrogens with zero attached hydrogens (tertiary/aromatic N) is 5. The van der Waals surface area contributed by atoms with E-state index < -0.39 is 11.4 Å². The van der Waals surface area contributed by atoms with E-state index in [1.807, 2.05) is 42.2 Å². The second-order valence-corrected chi connectivity index (χ2v) is 5.34. The summed E-state index contributed by atoms with van der Waals surface area (Å²) < 4.78 is 1.65. The normalized spacial score (nSPS) is 21.7. The molecule has 0 amide bonds. The van der Waals surface area contributed by atoms with Gasteiger partial charge in [0.05, 0.1) is 11.1 Å². The maximum atomic E-state index is 11.5. The van der Waals surface area contributed by atoms with Gasteiger partial charge < -0.3 is 10.0 Å². The smallest absolute Gasteiger partial charge is 0.311 e. The minimum atomic E-state index is -0.744. The van der Waals surface area contributed by atoms with Crippen LogP contribution in [-0.2, 0) is 4.79 Å². The summed E-state index contributed by atoms with van der Waals surface area (Å²) in [5.74, 6) is -0.149. The molecular formula is C14H17N5O2. The average Bonchev–Trinajstić information content (AvgIpc) is 3.15. The molecular weight excluding hydrogens is 270 g/mol. The molecule has 3 rings (SSSR count). The lowest BCUT2D eigenvalue weighted by atomic mass is 9.84. The number of aliphatic carboxylic acids is 1. The molecule has 21 heavy (non-hydrogen) atoms. The summed E-state index contributed by atoms with van der Waals surface area (Å²) in [6.07, 6.45) is 1.21. The van der Waals surface area contributed by atoms with E-state index in [1.165, 1.54) is 0 Å². The molecule has 1 saturated heterocycles. The Kier molecular flexibility index (Phi) is 3.32. The number of anilines is 1. The molecule has 1 aromatic heterocycles. The third-order valence-corrected chi connectivity index (χ3v) is 4.22. The zero-order chi connectivity index (χ0) is 14.9. The molecule has 1 N–H and O–H groups in total. The van der Waals surface area contributed by atoms with Crippen molar-refractivity contribution in [2.75, 3.05) is 18.0 Å². The van der Waals surface area contributed by atoms with Crippen molar-refractivity contribution < 1.29 is 9.90 Å². The van der Waals surface area contributed by atoms with Gasteiger partial charge in [0.1, 0.15) is 0 Å². The molecule has 1 unspecified atom stereocenters. The fraction of sp³-hybridized carbons (Fsp3) is 0.429. The molecule has 0 radical (unpaired) electrons. The Hall–Kier alpha value is -2.44. The number of benzene rings is 1. The van der Waals surface area contributed by atoms with Gasteiger partial charge in [-0.25, -0.2) is 0 Å². The van der Waals surface area contributed by atoms with Crippen LogP contribution in [0.25, 0.3) is 5.69 Å². The Morgan fingerprint density at radius 2 is 2.14 bits per heavy atom. The van der Waals surface area contributed by atoms with Crippen molar-refractivity contribution in [3.8, 4) is 5.69 Å². The lowest BCUT2D eigenvalue weighted by molar-refractivity contribution is -0.147. The molecule has 110 valence electrons. The molecule has 0 bridgehead atoms. The van der Waals surface area contributed by atoms with Crippen LogP contribution >= 0.6 is 0 Å². The van der Waals surface area contributed by atoms with E-state index in [9.17, 15) is 9.90 Å². The van der Waals surface area contributed by atoms with Crippen molar-refractivity contribution >= 4 is 11.9 Å². The predicted molar refractivity (Wildman–Crippen MR) is 76.3 cm³/mol. The summed E-state index contributed by atoms with van der Waals surface area (Å²) in [5, 5.41) is 21.3. The van der Waals surface area contributed by atoms with E-state index >= 15 is 0 Å². The number of para-hydroxylation sites is 1. The molecule has 7 nitrogen and oxygen atoms in total. The van der Waals surface area contributed by atoms with E-state index in [0.29, 0.717) is 31.9 Å². The topological polar surface area (TPSA) is 84.1 Å². The van der Waals surface area contributed by atoms with E-state index in [0.717, 1.165) is 5.69 Å². The zero-order valence-electron chi connectivity index (χ0n) is 11.8. The first-order valence-electron chi connectivity index (χ1n) is 6.98. The highest BCUT2D eigenvalue weighted by molar-refractivity contribution is 5.76. The summed E-state index contributed by atoms with van der Waals surface area (Å²) in [6, 6.07) is 9.59. The predicted octanol–water partition coefficient (Wildman–Crippen LogP) is 1.35. The molecule has 0 saturated carbocycles. The molecule has 1 aromatic carbocycles. The number of hydrogen-bond donors (Lipinski definition) is 1. The summed E-state index contributed by atoms with van der Waals surface area (Å²) in [6.45, 7) is 3.00. The minimum Gasteiger partial charge on any atom is -0.481 e. The highest BCUT2D eigenvalue weighted by atomic mass is 16.4. The van der Waals surface area contributed by atoms with E-state index in [1.54, 1.807) is 4.68 Å².